The first-order chi connectivity index (χ1) is 12.0. The van der Waals surface area contributed by atoms with Crippen LogP contribution >= 0.6 is 0 Å². The van der Waals surface area contributed by atoms with Gasteiger partial charge >= 0.3 is 0 Å². The second kappa shape index (κ2) is 6.83. The van der Waals surface area contributed by atoms with E-state index in [0.29, 0.717) is 11.3 Å². The highest BCUT2D eigenvalue weighted by atomic mass is 19.1. The van der Waals surface area contributed by atoms with Crippen LogP contribution < -0.4 is 5.32 Å². The van der Waals surface area contributed by atoms with Crippen molar-refractivity contribution < 1.29 is 14.1 Å². The fourth-order valence-electron chi connectivity index (χ4n) is 2.12. The quantitative estimate of drug-likeness (QED) is 0.580. The number of nitrogens with one attached hydrogen (secondary N) is 1. The molecule has 3 aromatic rings. The second-order valence-electron chi connectivity index (χ2n) is 5.07. The average Bonchev–Trinajstić information content (AvgIpc) is 2.62. The number of non-ortho nitro benzene ring substituents is 1. The summed E-state index contributed by atoms with van der Waals surface area (Å²) in [5.41, 5.74) is 0.881. The van der Waals surface area contributed by atoms with Gasteiger partial charge in [0.1, 0.15) is 5.82 Å². The molecule has 0 bridgehead atoms. The van der Waals surface area contributed by atoms with Gasteiger partial charge in [0, 0.05) is 35.8 Å². The van der Waals surface area contributed by atoms with Gasteiger partial charge in [-0.15, -0.1) is 0 Å². The van der Waals surface area contributed by atoms with E-state index in [1.54, 1.807) is 12.1 Å². The van der Waals surface area contributed by atoms with Gasteiger partial charge in [0.25, 0.3) is 11.6 Å². The van der Waals surface area contributed by atoms with Crippen LogP contribution in [0.5, 0.6) is 0 Å². The molecule has 0 saturated heterocycles. The molecule has 124 valence electrons. The van der Waals surface area contributed by atoms with Gasteiger partial charge < -0.3 is 5.32 Å². The number of nitro benzene ring substituents is 1. The lowest BCUT2D eigenvalue weighted by Gasteiger charge is -2.05. The highest BCUT2D eigenvalue weighted by Crippen LogP contribution is 2.20. The van der Waals surface area contributed by atoms with E-state index in [2.05, 4.69) is 15.3 Å². The highest BCUT2D eigenvalue weighted by molar-refractivity contribution is 6.03. The van der Waals surface area contributed by atoms with E-state index in [0.717, 1.165) is 0 Å². The van der Waals surface area contributed by atoms with E-state index in [9.17, 15) is 19.3 Å². The molecule has 0 radical (unpaired) electrons. The predicted octanol–water partition coefficient (Wildman–Crippen LogP) is 3.44. The molecule has 0 aliphatic heterocycles. The molecular weight excluding hydrogens is 327 g/mol. The number of nitro groups is 1. The van der Waals surface area contributed by atoms with Crippen LogP contribution in [0.25, 0.3) is 11.4 Å². The summed E-state index contributed by atoms with van der Waals surface area (Å²) < 4.78 is 13.1. The van der Waals surface area contributed by atoms with Crippen LogP contribution in [-0.2, 0) is 0 Å². The van der Waals surface area contributed by atoms with E-state index < -0.39 is 16.6 Å². The molecule has 8 heteroatoms. The van der Waals surface area contributed by atoms with Crippen LogP contribution in [0.2, 0.25) is 0 Å². The van der Waals surface area contributed by atoms with Crippen LogP contribution in [-0.4, -0.2) is 20.8 Å². The van der Waals surface area contributed by atoms with Crippen molar-refractivity contribution in [2.45, 2.75) is 0 Å². The number of nitrogens with zero attached hydrogens (tertiary/aromatic N) is 3. The molecule has 0 spiro atoms. The Morgan fingerprint density at radius 1 is 1.08 bits per heavy atom. The number of hydrogen-bond acceptors (Lipinski definition) is 5. The van der Waals surface area contributed by atoms with Gasteiger partial charge in [-0.1, -0.05) is 18.2 Å². The van der Waals surface area contributed by atoms with Crippen molar-refractivity contribution in [2.75, 3.05) is 5.32 Å². The first kappa shape index (κ1) is 16.2. The Hall–Kier alpha value is -3.68. The number of halogens is 1. The Balaban J connectivity index is 1.79. The SMILES string of the molecule is O=C(Nc1cccc(F)c1)c1cnc(-c2cccc([N+](=O)[O-])c2)nc1. The third-order valence-corrected chi connectivity index (χ3v) is 3.31. The molecular formula is C17H11FN4O3. The molecule has 3 rings (SSSR count). The average molecular weight is 338 g/mol. The first-order valence-corrected chi connectivity index (χ1v) is 7.17. The minimum absolute atomic E-state index is 0.0750. The summed E-state index contributed by atoms with van der Waals surface area (Å²) in [7, 11) is 0. The summed E-state index contributed by atoms with van der Waals surface area (Å²) in [6, 6.07) is 11.4. The summed E-state index contributed by atoms with van der Waals surface area (Å²) in [5, 5.41) is 13.3. The molecule has 0 aliphatic rings. The van der Waals surface area contributed by atoms with E-state index in [-0.39, 0.29) is 17.1 Å². The lowest BCUT2D eigenvalue weighted by Crippen LogP contribution is -2.12. The molecule has 0 fully saturated rings. The maximum atomic E-state index is 13.1. The maximum absolute atomic E-state index is 13.1. The lowest BCUT2D eigenvalue weighted by molar-refractivity contribution is -0.384. The summed E-state index contributed by atoms with van der Waals surface area (Å²) in [6.07, 6.45) is 2.60. The number of benzene rings is 2. The molecule has 0 saturated carbocycles. The summed E-state index contributed by atoms with van der Waals surface area (Å²) in [5.74, 6) is -0.697. The highest BCUT2D eigenvalue weighted by Gasteiger charge is 2.11. The van der Waals surface area contributed by atoms with Crippen molar-refractivity contribution in [3.05, 3.63) is 82.4 Å². The monoisotopic (exact) mass is 338 g/mol. The predicted molar refractivity (Wildman–Crippen MR) is 88.5 cm³/mol. The number of carbonyl (C=O) groups excluding carboxylic acids is 1. The Morgan fingerprint density at radius 3 is 2.48 bits per heavy atom. The molecule has 1 amide bonds. The van der Waals surface area contributed by atoms with E-state index in [4.69, 9.17) is 0 Å². The van der Waals surface area contributed by atoms with Crippen LogP contribution in [0.1, 0.15) is 10.4 Å². The van der Waals surface area contributed by atoms with Crippen molar-refractivity contribution in [1.29, 1.82) is 0 Å². The minimum Gasteiger partial charge on any atom is -0.322 e. The smallest absolute Gasteiger partial charge is 0.270 e. The number of amides is 1. The Labute approximate surface area is 141 Å². The minimum atomic E-state index is -0.510. The van der Waals surface area contributed by atoms with Gasteiger partial charge in [0.05, 0.1) is 10.5 Å². The molecule has 1 aromatic heterocycles. The largest absolute Gasteiger partial charge is 0.322 e. The normalized spacial score (nSPS) is 10.3. The van der Waals surface area contributed by atoms with Gasteiger partial charge in [-0.05, 0) is 18.2 Å². The van der Waals surface area contributed by atoms with Crippen molar-refractivity contribution in [3.8, 4) is 11.4 Å². The van der Waals surface area contributed by atoms with Crippen LogP contribution in [0.4, 0.5) is 15.8 Å². The van der Waals surface area contributed by atoms with E-state index in [1.165, 1.54) is 48.8 Å². The third kappa shape index (κ3) is 3.81. The molecule has 0 atom stereocenters. The summed E-state index contributed by atoms with van der Waals surface area (Å²) in [6.45, 7) is 0. The van der Waals surface area contributed by atoms with Crippen LogP contribution in [0, 0.1) is 15.9 Å². The zero-order valence-corrected chi connectivity index (χ0v) is 12.7. The van der Waals surface area contributed by atoms with Crippen LogP contribution in [0.3, 0.4) is 0 Å². The number of hydrogen-bond donors (Lipinski definition) is 1. The number of carbonyl (C=O) groups is 1. The van der Waals surface area contributed by atoms with Crippen molar-refractivity contribution in [3.63, 3.8) is 0 Å². The molecule has 1 N–H and O–H groups in total. The van der Waals surface area contributed by atoms with E-state index >= 15 is 0 Å². The standard InChI is InChI=1S/C17H11FN4O3/c18-13-4-2-5-14(8-13)21-17(23)12-9-19-16(20-10-12)11-3-1-6-15(7-11)22(24)25/h1-10H,(H,21,23). The Kier molecular flexibility index (Phi) is 4.42. The second-order valence-corrected chi connectivity index (χ2v) is 5.07. The Bertz CT molecular complexity index is 945. The fraction of sp³-hybridized carbons (Fsp3) is 0. The van der Waals surface area contributed by atoms with Crippen molar-refractivity contribution in [2.24, 2.45) is 0 Å². The molecule has 0 unspecified atom stereocenters. The van der Waals surface area contributed by atoms with E-state index in [1.807, 2.05) is 0 Å². The molecule has 2 aromatic carbocycles. The first-order valence-electron chi connectivity index (χ1n) is 7.17. The molecule has 7 nitrogen and oxygen atoms in total. The van der Waals surface area contributed by atoms with Gasteiger partial charge in [-0.2, -0.15) is 0 Å². The molecule has 0 aliphatic carbocycles. The van der Waals surface area contributed by atoms with Gasteiger partial charge in [0.15, 0.2) is 5.82 Å². The maximum Gasteiger partial charge on any atom is 0.270 e. The molecule has 1 heterocycles. The number of aromatic nitrogens is 2. The number of rotatable bonds is 4. The van der Waals surface area contributed by atoms with Gasteiger partial charge in [-0.3, -0.25) is 14.9 Å². The summed E-state index contributed by atoms with van der Waals surface area (Å²) in [4.78, 5) is 30.5. The third-order valence-electron chi connectivity index (χ3n) is 3.31. The molecule has 25 heavy (non-hydrogen) atoms. The summed E-state index contributed by atoms with van der Waals surface area (Å²) >= 11 is 0. The fourth-order valence-corrected chi connectivity index (χ4v) is 2.12. The van der Waals surface area contributed by atoms with Gasteiger partial charge in [0.2, 0.25) is 0 Å². The number of anilines is 1. The van der Waals surface area contributed by atoms with Crippen molar-refractivity contribution in [1.82, 2.24) is 9.97 Å². The Morgan fingerprint density at radius 2 is 1.80 bits per heavy atom. The lowest BCUT2D eigenvalue weighted by atomic mass is 10.2. The zero-order chi connectivity index (χ0) is 17.8. The topological polar surface area (TPSA) is 98.0 Å². The van der Waals surface area contributed by atoms with Crippen molar-refractivity contribution >= 4 is 17.3 Å². The van der Waals surface area contributed by atoms with Gasteiger partial charge in [-0.25, -0.2) is 14.4 Å². The zero-order valence-electron chi connectivity index (χ0n) is 12.7. The van der Waals surface area contributed by atoms with Crippen LogP contribution in [0.15, 0.2) is 60.9 Å².